The minimum atomic E-state index is -0.393. The first-order valence-electron chi connectivity index (χ1n) is 8.44. The number of ether oxygens (including phenoxy) is 1. The van der Waals surface area contributed by atoms with E-state index in [2.05, 4.69) is 17.4 Å². The molecule has 1 fully saturated rings. The molecule has 1 aromatic rings. The Morgan fingerprint density at radius 2 is 2.09 bits per heavy atom. The fourth-order valence-electron chi connectivity index (χ4n) is 2.91. The number of alkyl carbamates (subject to hydrolysis) is 1. The van der Waals surface area contributed by atoms with Crippen molar-refractivity contribution in [3.8, 4) is 0 Å². The van der Waals surface area contributed by atoms with Crippen molar-refractivity contribution >= 4 is 12.0 Å². The van der Waals surface area contributed by atoms with Gasteiger partial charge < -0.3 is 15.0 Å². The highest BCUT2D eigenvalue weighted by molar-refractivity contribution is 5.76. The maximum atomic E-state index is 12.3. The molecule has 0 bridgehead atoms. The molecule has 2 rings (SSSR count). The molecular weight excluding hydrogens is 292 g/mol. The lowest BCUT2D eigenvalue weighted by atomic mass is 10.0. The van der Waals surface area contributed by atoms with Crippen LogP contribution in [-0.4, -0.2) is 42.6 Å². The molecule has 0 saturated carbocycles. The van der Waals surface area contributed by atoms with E-state index in [0.29, 0.717) is 19.6 Å². The van der Waals surface area contributed by atoms with Gasteiger partial charge in [0.2, 0.25) is 5.91 Å². The van der Waals surface area contributed by atoms with Gasteiger partial charge in [0.1, 0.15) is 0 Å². The second-order valence-corrected chi connectivity index (χ2v) is 5.88. The second kappa shape index (κ2) is 9.18. The van der Waals surface area contributed by atoms with Gasteiger partial charge in [0, 0.05) is 25.6 Å². The SMILES string of the molecule is CCOC(=O)NC1CCCN(C(=O)CCCc2ccccc2)C1. The summed E-state index contributed by atoms with van der Waals surface area (Å²) in [5, 5.41) is 2.83. The number of benzene rings is 1. The van der Waals surface area contributed by atoms with Crippen molar-refractivity contribution in [1.29, 1.82) is 0 Å². The number of carbonyl (C=O) groups excluding carboxylic acids is 2. The first kappa shape index (κ1) is 17.3. The number of likely N-dealkylation sites (tertiary alicyclic amines) is 1. The van der Waals surface area contributed by atoms with Crippen molar-refractivity contribution in [3.63, 3.8) is 0 Å². The zero-order chi connectivity index (χ0) is 16.5. The summed E-state index contributed by atoms with van der Waals surface area (Å²) >= 11 is 0. The van der Waals surface area contributed by atoms with Crippen LogP contribution in [0.3, 0.4) is 0 Å². The molecule has 1 aliphatic rings. The summed E-state index contributed by atoms with van der Waals surface area (Å²) in [6.07, 6.45) is 3.76. The molecule has 1 heterocycles. The topological polar surface area (TPSA) is 58.6 Å². The lowest BCUT2D eigenvalue weighted by Gasteiger charge is -2.33. The number of hydrogen-bond donors (Lipinski definition) is 1. The Morgan fingerprint density at radius 1 is 1.30 bits per heavy atom. The van der Waals surface area contributed by atoms with Gasteiger partial charge in [-0.1, -0.05) is 30.3 Å². The van der Waals surface area contributed by atoms with Crippen LogP contribution in [0.4, 0.5) is 4.79 Å². The van der Waals surface area contributed by atoms with E-state index in [-0.39, 0.29) is 11.9 Å². The van der Waals surface area contributed by atoms with Crippen LogP contribution < -0.4 is 5.32 Å². The molecule has 5 nitrogen and oxygen atoms in total. The van der Waals surface area contributed by atoms with E-state index in [4.69, 9.17) is 4.74 Å². The number of amides is 2. The molecule has 126 valence electrons. The Morgan fingerprint density at radius 3 is 2.83 bits per heavy atom. The normalized spacial score (nSPS) is 17.6. The van der Waals surface area contributed by atoms with Crippen LogP contribution in [0, 0.1) is 0 Å². The molecule has 1 saturated heterocycles. The van der Waals surface area contributed by atoms with E-state index in [1.54, 1.807) is 6.92 Å². The molecule has 0 radical (unpaired) electrons. The van der Waals surface area contributed by atoms with Crippen molar-refractivity contribution in [3.05, 3.63) is 35.9 Å². The fourth-order valence-corrected chi connectivity index (χ4v) is 2.91. The summed E-state index contributed by atoms with van der Waals surface area (Å²) in [6.45, 7) is 3.51. The van der Waals surface area contributed by atoms with Gasteiger partial charge in [-0.15, -0.1) is 0 Å². The molecule has 1 unspecified atom stereocenters. The summed E-state index contributed by atoms with van der Waals surface area (Å²) in [7, 11) is 0. The lowest BCUT2D eigenvalue weighted by molar-refractivity contribution is -0.132. The fraction of sp³-hybridized carbons (Fsp3) is 0.556. The zero-order valence-electron chi connectivity index (χ0n) is 13.8. The van der Waals surface area contributed by atoms with Gasteiger partial charge >= 0.3 is 6.09 Å². The molecule has 1 atom stereocenters. The number of nitrogens with one attached hydrogen (secondary N) is 1. The molecule has 0 aromatic heterocycles. The van der Waals surface area contributed by atoms with Crippen molar-refractivity contribution in [2.75, 3.05) is 19.7 Å². The molecule has 5 heteroatoms. The number of nitrogens with zero attached hydrogens (tertiary/aromatic N) is 1. The molecule has 1 aliphatic heterocycles. The summed E-state index contributed by atoms with van der Waals surface area (Å²) in [6, 6.07) is 10.2. The third-order valence-electron chi connectivity index (χ3n) is 4.07. The second-order valence-electron chi connectivity index (χ2n) is 5.88. The van der Waals surface area contributed by atoms with E-state index in [1.165, 1.54) is 5.56 Å². The highest BCUT2D eigenvalue weighted by Gasteiger charge is 2.24. The van der Waals surface area contributed by atoms with E-state index in [1.807, 2.05) is 23.1 Å². The van der Waals surface area contributed by atoms with Crippen LogP contribution in [0.1, 0.15) is 38.2 Å². The van der Waals surface area contributed by atoms with Gasteiger partial charge in [-0.05, 0) is 38.2 Å². The standard InChI is InChI=1S/C18H26N2O3/c1-2-23-18(22)19-16-11-7-13-20(14-16)17(21)12-6-10-15-8-4-3-5-9-15/h3-5,8-9,16H,2,6-7,10-14H2,1H3,(H,19,22). The summed E-state index contributed by atoms with van der Waals surface area (Å²) in [5.41, 5.74) is 1.26. The van der Waals surface area contributed by atoms with E-state index < -0.39 is 6.09 Å². The molecule has 1 aromatic carbocycles. The van der Waals surface area contributed by atoms with Gasteiger partial charge in [-0.25, -0.2) is 4.79 Å². The summed E-state index contributed by atoms with van der Waals surface area (Å²) in [5.74, 6) is 0.177. The first-order chi connectivity index (χ1) is 11.2. The van der Waals surface area contributed by atoms with Crippen molar-refractivity contribution in [1.82, 2.24) is 10.2 Å². The smallest absolute Gasteiger partial charge is 0.407 e. The Kier molecular flexibility index (Phi) is 6.91. The van der Waals surface area contributed by atoms with Gasteiger partial charge in [0.05, 0.1) is 6.61 Å². The zero-order valence-corrected chi connectivity index (χ0v) is 13.8. The molecule has 23 heavy (non-hydrogen) atoms. The monoisotopic (exact) mass is 318 g/mol. The summed E-state index contributed by atoms with van der Waals surface area (Å²) < 4.78 is 4.90. The number of aryl methyl sites for hydroxylation is 1. The third kappa shape index (κ3) is 5.93. The number of rotatable bonds is 6. The average Bonchev–Trinajstić information content (AvgIpc) is 2.56. The van der Waals surface area contributed by atoms with Crippen molar-refractivity contribution in [2.45, 2.75) is 45.1 Å². The van der Waals surface area contributed by atoms with Crippen molar-refractivity contribution in [2.24, 2.45) is 0 Å². The van der Waals surface area contributed by atoms with E-state index >= 15 is 0 Å². The molecular formula is C18H26N2O3. The quantitative estimate of drug-likeness (QED) is 0.877. The predicted octanol–water partition coefficient (Wildman–Crippen LogP) is 2.75. The largest absolute Gasteiger partial charge is 0.450 e. The molecule has 0 spiro atoms. The van der Waals surface area contributed by atoms with Crippen LogP contribution in [0.5, 0.6) is 0 Å². The third-order valence-corrected chi connectivity index (χ3v) is 4.07. The number of piperidine rings is 1. The Bertz CT molecular complexity index is 504. The maximum absolute atomic E-state index is 12.3. The minimum absolute atomic E-state index is 0.000809. The van der Waals surface area contributed by atoms with Gasteiger partial charge in [0.15, 0.2) is 0 Å². The highest BCUT2D eigenvalue weighted by atomic mass is 16.5. The predicted molar refractivity (Wildman–Crippen MR) is 89.1 cm³/mol. The van der Waals surface area contributed by atoms with Crippen LogP contribution in [0.2, 0.25) is 0 Å². The number of hydrogen-bond acceptors (Lipinski definition) is 3. The minimum Gasteiger partial charge on any atom is -0.450 e. The van der Waals surface area contributed by atoms with Gasteiger partial charge in [-0.2, -0.15) is 0 Å². The maximum Gasteiger partial charge on any atom is 0.407 e. The van der Waals surface area contributed by atoms with Gasteiger partial charge in [0.25, 0.3) is 0 Å². The van der Waals surface area contributed by atoms with Crippen LogP contribution >= 0.6 is 0 Å². The molecule has 0 aliphatic carbocycles. The first-order valence-corrected chi connectivity index (χ1v) is 8.44. The average molecular weight is 318 g/mol. The Labute approximate surface area is 138 Å². The van der Waals surface area contributed by atoms with Crippen LogP contribution in [-0.2, 0) is 16.0 Å². The molecule has 2 amide bonds. The Hall–Kier alpha value is -2.04. The Balaban J connectivity index is 1.72. The van der Waals surface area contributed by atoms with Crippen LogP contribution in [0.25, 0.3) is 0 Å². The lowest BCUT2D eigenvalue weighted by Crippen LogP contribution is -2.49. The summed E-state index contributed by atoms with van der Waals surface area (Å²) in [4.78, 5) is 25.7. The molecule has 1 N–H and O–H groups in total. The van der Waals surface area contributed by atoms with Crippen molar-refractivity contribution < 1.29 is 14.3 Å². The number of carbonyl (C=O) groups is 2. The van der Waals surface area contributed by atoms with Gasteiger partial charge in [-0.3, -0.25) is 4.79 Å². The van der Waals surface area contributed by atoms with Crippen LogP contribution in [0.15, 0.2) is 30.3 Å². The van der Waals surface area contributed by atoms with E-state index in [9.17, 15) is 9.59 Å². The highest BCUT2D eigenvalue weighted by Crippen LogP contribution is 2.13. The van der Waals surface area contributed by atoms with E-state index in [0.717, 1.165) is 32.2 Å².